The normalized spacial score (nSPS) is 16.4. The number of fused-ring (bicyclic) bond motifs is 1. The first-order chi connectivity index (χ1) is 6.83. The van der Waals surface area contributed by atoms with Crippen LogP contribution in [0.25, 0.3) is 10.9 Å². The van der Waals surface area contributed by atoms with Gasteiger partial charge in [-0.15, -0.1) is 0 Å². The van der Waals surface area contributed by atoms with E-state index in [0.29, 0.717) is 5.15 Å². The molecule has 0 atom stereocenters. The van der Waals surface area contributed by atoms with Crippen molar-refractivity contribution in [1.29, 1.82) is 0 Å². The van der Waals surface area contributed by atoms with Crippen LogP contribution >= 0.6 is 11.6 Å². The molecule has 1 saturated carbocycles. The third-order valence-corrected chi connectivity index (χ3v) is 2.98. The van der Waals surface area contributed by atoms with Gasteiger partial charge in [0, 0.05) is 18.1 Å². The first kappa shape index (κ1) is 8.30. The molecule has 72 valence electrons. The first-order valence-corrected chi connectivity index (χ1v) is 5.31. The lowest BCUT2D eigenvalue weighted by Crippen LogP contribution is -1.97. The van der Waals surface area contributed by atoms with Crippen molar-refractivity contribution in [2.24, 2.45) is 5.92 Å². The standard InChI is InChI=1S/C11H11ClN2/c12-11-5-9-3-4-14(7-8-1-2-8)10(9)6-13-11/h3-6,8H,1-2,7H2. The Balaban J connectivity index is 2.06. The predicted octanol–water partition coefficient (Wildman–Crippen LogP) is 3.10. The zero-order valence-corrected chi connectivity index (χ0v) is 8.54. The van der Waals surface area contributed by atoms with E-state index in [1.54, 1.807) is 0 Å². The maximum absolute atomic E-state index is 5.83. The molecule has 0 spiro atoms. The van der Waals surface area contributed by atoms with Crippen molar-refractivity contribution in [2.75, 3.05) is 0 Å². The fraction of sp³-hybridized carbons (Fsp3) is 0.364. The summed E-state index contributed by atoms with van der Waals surface area (Å²) in [5.74, 6) is 0.890. The van der Waals surface area contributed by atoms with Crippen LogP contribution < -0.4 is 0 Å². The highest BCUT2D eigenvalue weighted by molar-refractivity contribution is 6.30. The Morgan fingerprint density at radius 3 is 3.14 bits per heavy atom. The zero-order valence-electron chi connectivity index (χ0n) is 7.78. The van der Waals surface area contributed by atoms with Gasteiger partial charge < -0.3 is 4.57 Å². The number of nitrogens with zero attached hydrogens (tertiary/aromatic N) is 2. The largest absolute Gasteiger partial charge is 0.346 e. The summed E-state index contributed by atoms with van der Waals surface area (Å²) in [5.41, 5.74) is 1.20. The Kier molecular flexibility index (Phi) is 1.77. The number of hydrogen-bond acceptors (Lipinski definition) is 1. The summed E-state index contributed by atoms with van der Waals surface area (Å²) < 4.78 is 2.27. The van der Waals surface area contributed by atoms with Crippen molar-refractivity contribution in [3.63, 3.8) is 0 Å². The second-order valence-electron chi connectivity index (χ2n) is 3.98. The number of hydrogen-bond donors (Lipinski definition) is 0. The minimum Gasteiger partial charge on any atom is -0.346 e. The van der Waals surface area contributed by atoms with E-state index in [4.69, 9.17) is 11.6 Å². The molecule has 1 fully saturated rings. The van der Waals surface area contributed by atoms with E-state index in [0.717, 1.165) is 12.5 Å². The van der Waals surface area contributed by atoms with Gasteiger partial charge in [-0.1, -0.05) is 11.6 Å². The lowest BCUT2D eigenvalue weighted by atomic mass is 10.3. The van der Waals surface area contributed by atoms with Crippen molar-refractivity contribution in [3.05, 3.63) is 29.7 Å². The van der Waals surface area contributed by atoms with E-state index in [9.17, 15) is 0 Å². The van der Waals surface area contributed by atoms with Crippen molar-refractivity contribution in [2.45, 2.75) is 19.4 Å². The van der Waals surface area contributed by atoms with Gasteiger partial charge in [0.1, 0.15) is 5.15 Å². The SMILES string of the molecule is Clc1cc2ccn(CC3CC3)c2cn1. The molecule has 3 rings (SSSR count). The quantitative estimate of drug-likeness (QED) is 0.691. The molecule has 2 heterocycles. The van der Waals surface area contributed by atoms with E-state index in [1.807, 2.05) is 12.3 Å². The molecule has 0 aromatic carbocycles. The molecule has 0 bridgehead atoms. The van der Waals surface area contributed by atoms with E-state index >= 15 is 0 Å². The molecule has 2 nitrogen and oxygen atoms in total. The Morgan fingerprint density at radius 1 is 1.50 bits per heavy atom. The van der Waals surface area contributed by atoms with Crippen LogP contribution in [0.2, 0.25) is 5.15 Å². The number of pyridine rings is 1. The molecular formula is C11H11ClN2. The average Bonchev–Trinajstić information content (AvgIpc) is 2.89. The van der Waals surface area contributed by atoms with Gasteiger partial charge in [0.15, 0.2) is 0 Å². The van der Waals surface area contributed by atoms with Gasteiger partial charge in [0.05, 0.1) is 11.7 Å². The minimum atomic E-state index is 0.571. The Bertz CT molecular complexity index is 471. The molecule has 0 radical (unpaired) electrons. The summed E-state index contributed by atoms with van der Waals surface area (Å²) in [4.78, 5) is 4.11. The van der Waals surface area contributed by atoms with Gasteiger partial charge in [-0.2, -0.15) is 0 Å². The van der Waals surface area contributed by atoms with Gasteiger partial charge in [0.2, 0.25) is 0 Å². The summed E-state index contributed by atoms with van der Waals surface area (Å²) in [5, 5.41) is 1.76. The lowest BCUT2D eigenvalue weighted by molar-refractivity contribution is 0.647. The van der Waals surface area contributed by atoms with Gasteiger partial charge in [-0.05, 0) is 30.9 Å². The highest BCUT2D eigenvalue weighted by Crippen LogP contribution is 2.32. The third kappa shape index (κ3) is 1.40. The van der Waals surface area contributed by atoms with E-state index in [-0.39, 0.29) is 0 Å². The van der Waals surface area contributed by atoms with Crippen molar-refractivity contribution < 1.29 is 0 Å². The molecular weight excluding hydrogens is 196 g/mol. The predicted molar refractivity (Wildman–Crippen MR) is 57.5 cm³/mol. The number of halogens is 1. The van der Waals surface area contributed by atoms with Crippen molar-refractivity contribution in [3.8, 4) is 0 Å². The summed E-state index contributed by atoms with van der Waals surface area (Å²) >= 11 is 5.83. The Labute approximate surface area is 87.5 Å². The number of aromatic nitrogens is 2. The number of rotatable bonds is 2. The van der Waals surface area contributed by atoms with Crippen LogP contribution in [-0.4, -0.2) is 9.55 Å². The van der Waals surface area contributed by atoms with Crippen LogP contribution in [0.4, 0.5) is 0 Å². The minimum absolute atomic E-state index is 0.571. The van der Waals surface area contributed by atoms with Crippen LogP contribution in [0.3, 0.4) is 0 Å². The van der Waals surface area contributed by atoms with E-state index < -0.39 is 0 Å². The molecule has 0 saturated heterocycles. The first-order valence-electron chi connectivity index (χ1n) is 4.93. The third-order valence-electron chi connectivity index (χ3n) is 2.78. The Hall–Kier alpha value is -1.02. The molecule has 0 aliphatic heterocycles. The van der Waals surface area contributed by atoms with Crippen LogP contribution in [-0.2, 0) is 6.54 Å². The lowest BCUT2D eigenvalue weighted by Gasteiger charge is -2.02. The molecule has 2 aromatic rings. The van der Waals surface area contributed by atoms with Gasteiger partial charge in [0.25, 0.3) is 0 Å². The van der Waals surface area contributed by atoms with Crippen LogP contribution in [0.15, 0.2) is 24.5 Å². The summed E-state index contributed by atoms with van der Waals surface area (Å²) in [6.07, 6.45) is 6.74. The molecule has 0 amide bonds. The van der Waals surface area contributed by atoms with Crippen molar-refractivity contribution in [1.82, 2.24) is 9.55 Å². The fourth-order valence-corrected chi connectivity index (χ4v) is 1.97. The summed E-state index contributed by atoms with van der Waals surface area (Å²) in [6, 6.07) is 4.02. The second kappa shape index (κ2) is 2.99. The maximum atomic E-state index is 5.83. The zero-order chi connectivity index (χ0) is 9.54. The maximum Gasteiger partial charge on any atom is 0.129 e. The summed E-state index contributed by atoms with van der Waals surface area (Å²) in [7, 11) is 0. The molecule has 0 unspecified atom stereocenters. The van der Waals surface area contributed by atoms with Gasteiger partial charge in [-0.3, -0.25) is 0 Å². The molecule has 14 heavy (non-hydrogen) atoms. The topological polar surface area (TPSA) is 17.8 Å². The van der Waals surface area contributed by atoms with Crippen LogP contribution in [0.1, 0.15) is 12.8 Å². The van der Waals surface area contributed by atoms with E-state index in [2.05, 4.69) is 21.8 Å². The van der Waals surface area contributed by atoms with Crippen LogP contribution in [0.5, 0.6) is 0 Å². The second-order valence-corrected chi connectivity index (χ2v) is 4.36. The fourth-order valence-electron chi connectivity index (χ4n) is 1.80. The molecule has 2 aromatic heterocycles. The highest BCUT2D eigenvalue weighted by atomic mass is 35.5. The average molecular weight is 207 g/mol. The molecule has 1 aliphatic carbocycles. The molecule has 3 heteroatoms. The van der Waals surface area contributed by atoms with Crippen LogP contribution in [0, 0.1) is 5.92 Å². The van der Waals surface area contributed by atoms with Gasteiger partial charge in [-0.25, -0.2) is 4.98 Å². The monoisotopic (exact) mass is 206 g/mol. The van der Waals surface area contributed by atoms with Crippen molar-refractivity contribution >= 4 is 22.5 Å². The molecule has 1 aliphatic rings. The highest BCUT2D eigenvalue weighted by Gasteiger charge is 2.21. The van der Waals surface area contributed by atoms with E-state index in [1.165, 1.54) is 23.7 Å². The Morgan fingerprint density at radius 2 is 2.36 bits per heavy atom. The molecule has 0 N–H and O–H groups in total. The summed E-state index contributed by atoms with van der Waals surface area (Å²) in [6.45, 7) is 1.13. The van der Waals surface area contributed by atoms with Gasteiger partial charge >= 0.3 is 0 Å². The smallest absolute Gasteiger partial charge is 0.129 e.